The quantitative estimate of drug-likeness (QED) is 0.457. The van der Waals surface area contributed by atoms with Crippen LogP contribution < -0.4 is 0 Å². The molecular weight excluding hydrogens is 406 g/mol. The Morgan fingerprint density at radius 3 is 2.44 bits per heavy atom. The predicted molar refractivity (Wildman–Crippen MR) is 70.8 cm³/mol. The van der Waals surface area contributed by atoms with E-state index in [1.54, 1.807) is 12.1 Å². The lowest BCUT2D eigenvalue weighted by molar-refractivity contribution is -0.131. The summed E-state index contributed by atoms with van der Waals surface area (Å²) >= 11 is 9.92. The van der Waals surface area contributed by atoms with Crippen LogP contribution in [0.3, 0.4) is 0 Å². The molecule has 0 fully saturated rings. The Hall–Kier alpha value is -0.640. The molecule has 0 unspecified atom stereocenters. The molecule has 1 aromatic rings. The fourth-order valence-electron chi connectivity index (χ4n) is 1.03. The van der Waals surface area contributed by atoms with Crippen LogP contribution in [-0.2, 0) is 4.79 Å². The number of carboxylic acids is 1. The molecule has 0 atom stereocenters. The number of aliphatic carboxylic acids is 1. The predicted octanol–water partition coefficient (Wildman–Crippen LogP) is 3.97. The molecule has 0 radical (unpaired) electrons. The van der Waals surface area contributed by atoms with Crippen LogP contribution in [0.1, 0.15) is 5.56 Å². The average Bonchev–Trinajstić information content (AvgIpc) is 2.23. The molecule has 0 bridgehead atoms. The van der Waals surface area contributed by atoms with Crippen LogP contribution >= 0.6 is 47.8 Å². The zero-order valence-electron chi connectivity index (χ0n) is 7.67. The van der Waals surface area contributed by atoms with Gasteiger partial charge in [-0.15, -0.1) is 0 Å². The number of rotatable bonds is 2. The topological polar surface area (TPSA) is 61.1 Å². The van der Waals surface area contributed by atoms with Crippen LogP contribution in [0.25, 0.3) is 5.57 Å². The molecule has 0 heterocycles. The smallest absolute Gasteiger partial charge is 0.329 e. The van der Waals surface area contributed by atoms with E-state index in [2.05, 4.69) is 47.8 Å². The van der Waals surface area contributed by atoms with Crippen molar-refractivity contribution in [2.24, 2.45) is 0 Å². The van der Waals surface area contributed by atoms with E-state index in [0.29, 0.717) is 10.0 Å². The number of hydrogen-bond acceptors (Lipinski definition) is 2. The van der Waals surface area contributed by atoms with Gasteiger partial charge in [0.2, 0.25) is 0 Å². The Balaban J connectivity index is 3.40. The number of allylic oxidation sites excluding steroid dienone is 1. The first-order chi connectivity index (χ1) is 7.47. The minimum absolute atomic E-state index is 0.0903. The Morgan fingerprint density at radius 2 is 1.94 bits per heavy atom. The van der Waals surface area contributed by atoms with Gasteiger partial charge in [0.05, 0.1) is 5.57 Å². The molecule has 1 rings (SSSR count). The van der Waals surface area contributed by atoms with Crippen molar-refractivity contribution in [1.82, 2.24) is 0 Å². The highest BCUT2D eigenvalue weighted by Gasteiger charge is 2.12. The molecule has 16 heavy (non-hydrogen) atoms. The van der Waals surface area contributed by atoms with Crippen molar-refractivity contribution in [3.63, 3.8) is 0 Å². The van der Waals surface area contributed by atoms with Crippen LogP contribution in [0, 0.1) is 11.3 Å². The molecule has 0 saturated heterocycles. The van der Waals surface area contributed by atoms with E-state index in [1.807, 2.05) is 6.07 Å². The van der Waals surface area contributed by atoms with Gasteiger partial charge in [-0.1, -0.05) is 6.07 Å². The zero-order valence-corrected chi connectivity index (χ0v) is 12.4. The van der Waals surface area contributed by atoms with Crippen molar-refractivity contribution in [3.8, 4) is 6.07 Å². The number of benzene rings is 1. The van der Waals surface area contributed by atoms with Crippen molar-refractivity contribution in [3.05, 3.63) is 37.2 Å². The van der Waals surface area contributed by atoms with Crippen molar-refractivity contribution in [1.29, 1.82) is 5.26 Å². The summed E-state index contributed by atoms with van der Waals surface area (Å²) in [5.74, 6) is -1.15. The summed E-state index contributed by atoms with van der Waals surface area (Å²) in [6.07, 6.45) is 0.875. The summed E-state index contributed by atoms with van der Waals surface area (Å²) in [7, 11) is 0. The number of nitrogens with zero attached hydrogens (tertiary/aromatic N) is 1. The van der Waals surface area contributed by atoms with Crippen molar-refractivity contribution < 1.29 is 9.90 Å². The third-order valence-electron chi connectivity index (χ3n) is 1.71. The minimum atomic E-state index is -1.15. The zero-order chi connectivity index (χ0) is 12.3. The fraction of sp³-hybridized carbons (Fsp3) is 0. The Kier molecular flexibility index (Phi) is 4.71. The molecular formula is C10H4Br3NO2. The number of hydrogen-bond donors (Lipinski definition) is 1. The molecule has 3 nitrogen and oxygen atoms in total. The van der Waals surface area contributed by atoms with Gasteiger partial charge >= 0.3 is 5.97 Å². The number of nitriles is 1. The second-order valence-electron chi connectivity index (χ2n) is 2.73. The first kappa shape index (κ1) is 13.4. The third-order valence-corrected chi connectivity index (χ3v) is 5.09. The summed E-state index contributed by atoms with van der Waals surface area (Å²) < 4.78 is 2.18. The molecule has 0 spiro atoms. The van der Waals surface area contributed by atoms with Gasteiger partial charge in [-0.05, 0) is 53.9 Å². The van der Waals surface area contributed by atoms with E-state index in [-0.39, 0.29) is 5.57 Å². The van der Waals surface area contributed by atoms with Crippen LogP contribution in [0.4, 0.5) is 0 Å². The lowest BCUT2D eigenvalue weighted by Crippen LogP contribution is -1.92. The minimum Gasteiger partial charge on any atom is -0.478 e. The maximum Gasteiger partial charge on any atom is 0.329 e. The highest BCUT2D eigenvalue weighted by atomic mass is 79.9. The highest BCUT2D eigenvalue weighted by Crippen LogP contribution is 2.36. The lowest BCUT2D eigenvalue weighted by atomic mass is 10.1. The Bertz CT molecular complexity index is 518. The normalized spacial score (nSPS) is 11.0. The van der Waals surface area contributed by atoms with Crippen molar-refractivity contribution >= 4 is 59.3 Å². The summed E-state index contributed by atoms with van der Waals surface area (Å²) in [5.41, 5.74) is 0.618. The molecule has 1 N–H and O–H groups in total. The monoisotopic (exact) mass is 407 g/mol. The Morgan fingerprint density at radius 1 is 1.31 bits per heavy atom. The molecule has 82 valence electrons. The van der Waals surface area contributed by atoms with E-state index in [1.165, 1.54) is 0 Å². The second kappa shape index (κ2) is 5.62. The molecule has 0 aliphatic heterocycles. The van der Waals surface area contributed by atoms with Gasteiger partial charge in [-0.2, -0.15) is 5.26 Å². The molecule has 0 aromatic heterocycles. The average molecular weight is 410 g/mol. The van der Waals surface area contributed by atoms with Gasteiger partial charge in [0.15, 0.2) is 0 Å². The number of carboxylic acid groups (broad SMARTS) is 1. The summed E-state index contributed by atoms with van der Waals surface area (Å²) in [6.45, 7) is 0. The van der Waals surface area contributed by atoms with Crippen LogP contribution in [0.2, 0.25) is 0 Å². The van der Waals surface area contributed by atoms with Gasteiger partial charge in [0.25, 0.3) is 0 Å². The van der Waals surface area contributed by atoms with Crippen LogP contribution in [-0.4, -0.2) is 11.1 Å². The van der Waals surface area contributed by atoms with E-state index < -0.39 is 5.97 Å². The Labute approximate surface area is 117 Å². The SMILES string of the molecule is N#CC(=CC(=O)O)c1ccc(Br)c(Br)c1Br. The van der Waals surface area contributed by atoms with E-state index in [0.717, 1.165) is 15.0 Å². The largest absolute Gasteiger partial charge is 0.478 e. The molecule has 0 aliphatic rings. The van der Waals surface area contributed by atoms with E-state index in [4.69, 9.17) is 10.4 Å². The first-order valence-electron chi connectivity index (χ1n) is 3.96. The molecule has 0 aliphatic carbocycles. The molecule has 1 aromatic carbocycles. The number of carbonyl (C=O) groups is 1. The van der Waals surface area contributed by atoms with Gasteiger partial charge in [0, 0.05) is 25.1 Å². The van der Waals surface area contributed by atoms with Crippen LogP contribution in [0.5, 0.6) is 0 Å². The van der Waals surface area contributed by atoms with Crippen LogP contribution in [0.15, 0.2) is 31.6 Å². The van der Waals surface area contributed by atoms with Gasteiger partial charge in [-0.25, -0.2) is 4.79 Å². The lowest BCUT2D eigenvalue weighted by Gasteiger charge is -2.06. The van der Waals surface area contributed by atoms with E-state index in [9.17, 15) is 4.79 Å². The molecule has 0 amide bonds. The van der Waals surface area contributed by atoms with Gasteiger partial charge in [-0.3, -0.25) is 0 Å². The van der Waals surface area contributed by atoms with Gasteiger partial charge in [0.1, 0.15) is 6.07 Å². The molecule has 0 saturated carbocycles. The third kappa shape index (κ3) is 2.94. The first-order valence-corrected chi connectivity index (χ1v) is 6.34. The highest BCUT2D eigenvalue weighted by molar-refractivity contribution is 9.14. The molecule has 6 heteroatoms. The van der Waals surface area contributed by atoms with E-state index >= 15 is 0 Å². The summed E-state index contributed by atoms with van der Waals surface area (Å²) in [5, 5.41) is 17.5. The standard InChI is InChI=1S/C10H4Br3NO2/c11-7-2-1-6(9(12)10(7)13)5(4-14)3-8(15)16/h1-3H,(H,15,16). The maximum atomic E-state index is 10.5. The summed E-state index contributed by atoms with van der Waals surface area (Å²) in [4.78, 5) is 10.5. The summed E-state index contributed by atoms with van der Waals surface area (Å²) in [6, 6.07) is 5.25. The second-order valence-corrected chi connectivity index (χ2v) is 5.17. The van der Waals surface area contributed by atoms with Crippen molar-refractivity contribution in [2.75, 3.05) is 0 Å². The van der Waals surface area contributed by atoms with Crippen molar-refractivity contribution in [2.45, 2.75) is 0 Å². The fourth-order valence-corrected chi connectivity index (χ4v) is 2.53. The maximum absolute atomic E-state index is 10.5. The van der Waals surface area contributed by atoms with Gasteiger partial charge < -0.3 is 5.11 Å². The number of halogens is 3.